The molecular weight excluding hydrogens is 388 g/mol. The molecule has 148 valence electrons. The molecule has 4 aromatic rings. The van der Waals surface area contributed by atoms with Crippen LogP contribution in [0.1, 0.15) is 30.6 Å². The molecule has 2 aromatic heterocycles. The molecule has 0 spiro atoms. The molecule has 0 amide bonds. The third kappa shape index (κ3) is 3.51. The maximum absolute atomic E-state index is 12.9. The van der Waals surface area contributed by atoms with E-state index in [1.165, 1.54) is 0 Å². The van der Waals surface area contributed by atoms with Crippen molar-refractivity contribution in [2.75, 3.05) is 12.3 Å². The number of hydrogen-bond acceptors (Lipinski definition) is 5. The zero-order chi connectivity index (χ0) is 20.5. The SMILES string of the molecule is CCC(C)COC(=O)c1c(N)n(-c2cccc(Cl)c2)c2nc3ccccc3nc12. The maximum Gasteiger partial charge on any atom is 0.344 e. The number of ether oxygens (including phenoxy) is 1. The number of anilines is 1. The number of carbonyl (C=O) groups excluding carboxylic acids is 1. The summed E-state index contributed by atoms with van der Waals surface area (Å²) in [6, 6.07) is 14.7. The van der Waals surface area contributed by atoms with E-state index in [1.807, 2.05) is 43.3 Å². The van der Waals surface area contributed by atoms with Crippen LogP contribution in [-0.4, -0.2) is 27.1 Å². The summed E-state index contributed by atoms with van der Waals surface area (Å²) in [4.78, 5) is 22.3. The first-order chi connectivity index (χ1) is 14.0. The molecule has 0 radical (unpaired) electrons. The Bertz CT molecular complexity index is 1220. The molecule has 4 rings (SSSR count). The fourth-order valence-corrected chi connectivity index (χ4v) is 3.33. The van der Waals surface area contributed by atoms with Gasteiger partial charge >= 0.3 is 5.97 Å². The standard InChI is InChI=1S/C22H21ClN4O2/c1-3-13(2)12-29-22(28)18-19-21(26-17-10-5-4-9-16(17)25-19)27(20(18)24)15-8-6-7-14(23)11-15/h4-11,13H,3,12,24H2,1-2H3. The lowest BCUT2D eigenvalue weighted by atomic mass is 10.1. The number of rotatable bonds is 5. The third-order valence-corrected chi connectivity index (χ3v) is 5.20. The van der Waals surface area contributed by atoms with Gasteiger partial charge in [0.15, 0.2) is 5.65 Å². The van der Waals surface area contributed by atoms with Crippen molar-refractivity contribution in [2.24, 2.45) is 5.92 Å². The molecule has 0 saturated carbocycles. The lowest BCUT2D eigenvalue weighted by molar-refractivity contribution is 0.0450. The van der Waals surface area contributed by atoms with Crippen molar-refractivity contribution in [1.29, 1.82) is 0 Å². The number of fused-ring (bicyclic) bond motifs is 2. The molecule has 1 atom stereocenters. The molecule has 1 unspecified atom stereocenters. The molecule has 0 aliphatic carbocycles. The second-order valence-corrected chi connectivity index (χ2v) is 7.51. The molecule has 0 aliphatic heterocycles. The van der Waals surface area contributed by atoms with Crippen molar-refractivity contribution in [3.63, 3.8) is 0 Å². The number of halogens is 1. The van der Waals surface area contributed by atoms with Crippen LogP contribution >= 0.6 is 11.6 Å². The minimum Gasteiger partial charge on any atom is -0.462 e. The monoisotopic (exact) mass is 408 g/mol. The molecule has 2 aromatic carbocycles. The van der Waals surface area contributed by atoms with Gasteiger partial charge in [-0.1, -0.05) is 50.1 Å². The van der Waals surface area contributed by atoms with Crippen LogP contribution in [0.2, 0.25) is 5.02 Å². The van der Waals surface area contributed by atoms with Crippen LogP contribution in [0.5, 0.6) is 0 Å². The van der Waals surface area contributed by atoms with Gasteiger partial charge in [0.2, 0.25) is 0 Å². The Labute approximate surface area is 173 Å². The maximum atomic E-state index is 12.9. The first-order valence-corrected chi connectivity index (χ1v) is 9.87. The Balaban J connectivity index is 1.96. The molecule has 0 fully saturated rings. The predicted molar refractivity (Wildman–Crippen MR) is 116 cm³/mol. The predicted octanol–water partition coefficient (Wildman–Crippen LogP) is 5.01. The summed E-state index contributed by atoms with van der Waals surface area (Å²) in [7, 11) is 0. The number of hydrogen-bond donors (Lipinski definition) is 1. The van der Waals surface area contributed by atoms with Gasteiger partial charge in [-0.3, -0.25) is 4.57 Å². The summed E-state index contributed by atoms with van der Waals surface area (Å²) in [5.41, 5.74) is 9.65. The van der Waals surface area contributed by atoms with E-state index in [1.54, 1.807) is 16.7 Å². The average Bonchev–Trinajstić information content (AvgIpc) is 3.00. The number of esters is 1. The lowest BCUT2D eigenvalue weighted by Gasteiger charge is -2.10. The van der Waals surface area contributed by atoms with Crippen LogP contribution in [-0.2, 0) is 4.74 Å². The van der Waals surface area contributed by atoms with Crippen LogP contribution in [0, 0.1) is 5.92 Å². The molecular formula is C22H21ClN4O2. The quantitative estimate of drug-likeness (QED) is 0.469. The van der Waals surface area contributed by atoms with Crippen LogP contribution < -0.4 is 5.73 Å². The minimum absolute atomic E-state index is 0.224. The molecule has 2 heterocycles. The van der Waals surface area contributed by atoms with Crippen LogP contribution in [0.25, 0.3) is 27.9 Å². The van der Waals surface area contributed by atoms with Gasteiger partial charge in [-0.25, -0.2) is 14.8 Å². The number of aromatic nitrogens is 3. The van der Waals surface area contributed by atoms with Crippen molar-refractivity contribution < 1.29 is 9.53 Å². The number of nitrogens with zero attached hydrogens (tertiary/aromatic N) is 3. The van der Waals surface area contributed by atoms with E-state index in [-0.39, 0.29) is 17.3 Å². The summed E-state index contributed by atoms with van der Waals surface area (Å²) >= 11 is 6.18. The molecule has 6 nitrogen and oxygen atoms in total. The Morgan fingerprint density at radius 1 is 1.17 bits per heavy atom. The van der Waals surface area contributed by atoms with E-state index in [4.69, 9.17) is 27.1 Å². The third-order valence-electron chi connectivity index (χ3n) is 4.96. The molecule has 2 N–H and O–H groups in total. The second-order valence-electron chi connectivity index (χ2n) is 7.07. The Kier molecular flexibility index (Phi) is 5.11. The summed E-state index contributed by atoms with van der Waals surface area (Å²) in [5, 5.41) is 0.554. The van der Waals surface area contributed by atoms with Crippen LogP contribution in [0.4, 0.5) is 5.82 Å². The van der Waals surface area contributed by atoms with E-state index in [0.29, 0.717) is 39.5 Å². The number of benzene rings is 2. The van der Waals surface area contributed by atoms with Gasteiger partial charge in [0.1, 0.15) is 16.9 Å². The number of nitrogens with two attached hydrogens (primary N) is 1. The smallest absolute Gasteiger partial charge is 0.344 e. The van der Waals surface area contributed by atoms with Gasteiger partial charge in [-0.15, -0.1) is 0 Å². The fourth-order valence-electron chi connectivity index (χ4n) is 3.15. The summed E-state index contributed by atoms with van der Waals surface area (Å²) in [6.45, 7) is 4.40. The van der Waals surface area contributed by atoms with Crippen molar-refractivity contribution in [3.05, 3.63) is 59.1 Å². The highest BCUT2D eigenvalue weighted by molar-refractivity contribution is 6.30. The number of nitrogen functional groups attached to an aromatic ring is 1. The van der Waals surface area contributed by atoms with Crippen LogP contribution in [0.15, 0.2) is 48.5 Å². The zero-order valence-electron chi connectivity index (χ0n) is 16.2. The Morgan fingerprint density at radius 3 is 2.59 bits per heavy atom. The van der Waals surface area contributed by atoms with Crippen molar-refractivity contribution in [3.8, 4) is 5.69 Å². The second kappa shape index (κ2) is 7.72. The average molecular weight is 409 g/mol. The Hall–Kier alpha value is -3.12. The normalized spacial score (nSPS) is 12.4. The van der Waals surface area contributed by atoms with E-state index in [2.05, 4.69) is 11.9 Å². The van der Waals surface area contributed by atoms with Crippen molar-refractivity contribution in [2.45, 2.75) is 20.3 Å². The van der Waals surface area contributed by atoms with Crippen LogP contribution in [0.3, 0.4) is 0 Å². The Morgan fingerprint density at radius 2 is 1.90 bits per heavy atom. The van der Waals surface area contributed by atoms with Gasteiger partial charge in [-0.05, 0) is 36.2 Å². The van der Waals surface area contributed by atoms with Gasteiger partial charge in [0.05, 0.1) is 23.3 Å². The van der Waals surface area contributed by atoms with Gasteiger partial charge in [0.25, 0.3) is 0 Å². The lowest BCUT2D eigenvalue weighted by Crippen LogP contribution is -2.13. The molecule has 0 bridgehead atoms. The number of carbonyl (C=O) groups is 1. The van der Waals surface area contributed by atoms with E-state index in [9.17, 15) is 4.79 Å². The fraction of sp³-hybridized carbons (Fsp3) is 0.227. The molecule has 7 heteroatoms. The molecule has 29 heavy (non-hydrogen) atoms. The van der Waals surface area contributed by atoms with Gasteiger partial charge < -0.3 is 10.5 Å². The first kappa shape index (κ1) is 19.2. The first-order valence-electron chi connectivity index (χ1n) is 9.49. The van der Waals surface area contributed by atoms with Crippen molar-refractivity contribution in [1.82, 2.24) is 14.5 Å². The molecule has 0 aliphatic rings. The molecule has 0 saturated heterocycles. The minimum atomic E-state index is -0.502. The summed E-state index contributed by atoms with van der Waals surface area (Å²) < 4.78 is 7.22. The summed E-state index contributed by atoms with van der Waals surface area (Å²) in [5.74, 6) is -0.0155. The highest BCUT2D eigenvalue weighted by Gasteiger charge is 2.26. The van der Waals surface area contributed by atoms with Crippen molar-refractivity contribution >= 4 is 45.6 Å². The summed E-state index contributed by atoms with van der Waals surface area (Å²) in [6.07, 6.45) is 0.914. The van der Waals surface area contributed by atoms with E-state index in [0.717, 1.165) is 6.42 Å². The van der Waals surface area contributed by atoms with E-state index >= 15 is 0 Å². The van der Waals surface area contributed by atoms with E-state index < -0.39 is 5.97 Å². The number of para-hydroxylation sites is 2. The zero-order valence-corrected chi connectivity index (χ0v) is 17.0. The van der Waals surface area contributed by atoms with Gasteiger partial charge in [0, 0.05) is 5.02 Å². The highest BCUT2D eigenvalue weighted by Crippen LogP contribution is 2.32. The highest BCUT2D eigenvalue weighted by atomic mass is 35.5. The topological polar surface area (TPSA) is 83.0 Å². The van der Waals surface area contributed by atoms with Gasteiger partial charge in [-0.2, -0.15) is 0 Å². The largest absolute Gasteiger partial charge is 0.462 e.